The molecule has 5 heteroatoms. The maximum absolute atomic E-state index is 12.4. The van der Waals surface area contributed by atoms with Gasteiger partial charge >= 0.3 is 0 Å². The first-order chi connectivity index (χ1) is 10.7. The first-order valence-electron chi connectivity index (χ1n) is 7.93. The molecule has 120 valence electrons. The fraction of sp³-hybridized carbons (Fsp3) is 0.529. The van der Waals surface area contributed by atoms with Gasteiger partial charge in [-0.3, -0.25) is 9.59 Å². The van der Waals surface area contributed by atoms with Gasteiger partial charge < -0.3 is 15.8 Å². The van der Waals surface area contributed by atoms with Gasteiger partial charge in [0.1, 0.15) is 0 Å². The lowest BCUT2D eigenvalue weighted by atomic mass is 10.1. The van der Waals surface area contributed by atoms with Crippen LogP contribution in [0.25, 0.3) is 0 Å². The lowest BCUT2D eigenvalue weighted by Gasteiger charge is -2.22. The van der Waals surface area contributed by atoms with Crippen LogP contribution in [-0.2, 0) is 14.3 Å². The molecule has 22 heavy (non-hydrogen) atoms. The summed E-state index contributed by atoms with van der Waals surface area (Å²) in [5.74, 6) is -0.501. The van der Waals surface area contributed by atoms with Crippen molar-refractivity contribution in [2.24, 2.45) is 5.73 Å². The van der Waals surface area contributed by atoms with Crippen molar-refractivity contribution in [3.05, 3.63) is 35.9 Å². The summed E-state index contributed by atoms with van der Waals surface area (Å²) in [5.41, 5.74) is 5.96. The normalized spacial score (nSPS) is 16.4. The number of hydrogen-bond donors (Lipinski definition) is 2. The van der Waals surface area contributed by atoms with Gasteiger partial charge in [0.25, 0.3) is 5.91 Å². The van der Waals surface area contributed by atoms with Crippen molar-refractivity contribution >= 4 is 11.8 Å². The van der Waals surface area contributed by atoms with Crippen molar-refractivity contribution in [1.82, 2.24) is 5.32 Å². The molecule has 1 aromatic carbocycles. The molecular formula is C17H24N2O3. The van der Waals surface area contributed by atoms with Gasteiger partial charge in [-0.25, -0.2) is 0 Å². The van der Waals surface area contributed by atoms with E-state index in [9.17, 15) is 9.59 Å². The van der Waals surface area contributed by atoms with Crippen LogP contribution in [0.4, 0.5) is 0 Å². The Bertz CT molecular complexity index is 484. The maximum Gasteiger partial charge on any atom is 0.253 e. The second-order valence-corrected chi connectivity index (χ2v) is 5.69. The Kier molecular flexibility index (Phi) is 6.40. The van der Waals surface area contributed by atoms with Crippen molar-refractivity contribution in [3.8, 4) is 0 Å². The average Bonchev–Trinajstić information content (AvgIpc) is 3.03. The van der Waals surface area contributed by atoms with Crippen LogP contribution in [0.1, 0.15) is 50.2 Å². The summed E-state index contributed by atoms with van der Waals surface area (Å²) in [7, 11) is 0. The summed E-state index contributed by atoms with van der Waals surface area (Å²) in [6, 6.07) is 9.54. The number of rotatable bonds is 8. The predicted octanol–water partition coefficient (Wildman–Crippen LogP) is 2.07. The van der Waals surface area contributed by atoms with Gasteiger partial charge in [0.15, 0.2) is 6.10 Å². The first kappa shape index (κ1) is 16.5. The van der Waals surface area contributed by atoms with Gasteiger partial charge in [0.05, 0.1) is 6.10 Å². The third kappa shape index (κ3) is 5.15. The van der Waals surface area contributed by atoms with E-state index in [4.69, 9.17) is 10.5 Å². The maximum atomic E-state index is 12.4. The molecule has 0 heterocycles. The number of ether oxygens (including phenoxy) is 1. The van der Waals surface area contributed by atoms with Gasteiger partial charge in [-0.05, 0) is 24.8 Å². The summed E-state index contributed by atoms with van der Waals surface area (Å²) < 4.78 is 6.03. The zero-order valence-electron chi connectivity index (χ0n) is 12.8. The molecule has 0 saturated heterocycles. The van der Waals surface area contributed by atoms with Gasteiger partial charge in [0, 0.05) is 13.0 Å². The zero-order valence-corrected chi connectivity index (χ0v) is 12.8. The topological polar surface area (TPSA) is 81.4 Å². The molecule has 0 aromatic heterocycles. The summed E-state index contributed by atoms with van der Waals surface area (Å²) in [6.07, 6.45) is 4.74. The molecule has 1 atom stereocenters. The van der Waals surface area contributed by atoms with Crippen LogP contribution in [0.15, 0.2) is 30.3 Å². The molecule has 1 aliphatic carbocycles. The van der Waals surface area contributed by atoms with E-state index in [-0.39, 0.29) is 24.3 Å². The van der Waals surface area contributed by atoms with E-state index in [0.29, 0.717) is 13.0 Å². The van der Waals surface area contributed by atoms with E-state index in [1.165, 1.54) is 0 Å². The van der Waals surface area contributed by atoms with Crippen molar-refractivity contribution in [2.75, 3.05) is 6.54 Å². The van der Waals surface area contributed by atoms with Crippen molar-refractivity contribution < 1.29 is 14.3 Å². The molecule has 5 nitrogen and oxygen atoms in total. The highest BCUT2D eigenvalue weighted by atomic mass is 16.5. The molecule has 0 spiro atoms. The Balaban J connectivity index is 1.94. The Morgan fingerprint density at radius 1 is 1.23 bits per heavy atom. The van der Waals surface area contributed by atoms with Crippen LogP contribution in [0.5, 0.6) is 0 Å². The van der Waals surface area contributed by atoms with Crippen LogP contribution in [0, 0.1) is 0 Å². The number of nitrogens with two attached hydrogens (primary N) is 1. The van der Waals surface area contributed by atoms with Crippen molar-refractivity contribution in [1.29, 1.82) is 0 Å². The quantitative estimate of drug-likeness (QED) is 0.721. The highest BCUT2D eigenvalue weighted by Crippen LogP contribution is 2.28. The summed E-state index contributed by atoms with van der Waals surface area (Å²) in [5, 5.41) is 2.84. The van der Waals surface area contributed by atoms with Crippen molar-refractivity contribution in [2.45, 2.75) is 50.7 Å². The fourth-order valence-electron chi connectivity index (χ4n) is 2.70. The number of primary amides is 1. The van der Waals surface area contributed by atoms with Crippen LogP contribution in [0.2, 0.25) is 0 Å². The molecule has 0 aliphatic heterocycles. The van der Waals surface area contributed by atoms with Crippen LogP contribution in [-0.4, -0.2) is 24.5 Å². The monoisotopic (exact) mass is 304 g/mol. The molecule has 1 saturated carbocycles. The molecule has 0 bridgehead atoms. The number of benzene rings is 1. The summed E-state index contributed by atoms with van der Waals surface area (Å²) in [4.78, 5) is 23.1. The Morgan fingerprint density at radius 2 is 1.91 bits per heavy atom. The van der Waals surface area contributed by atoms with Gasteiger partial charge in [-0.2, -0.15) is 0 Å². The van der Waals surface area contributed by atoms with Crippen LogP contribution in [0.3, 0.4) is 0 Å². The zero-order chi connectivity index (χ0) is 15.8. The molecule has 1 unspecified atom stereocenters. The number of amides is 2. The second-order valence-electron chi connectivity index (χ2n) is 5.69. The lowest BCUT2D eigenvalue weighted by molar-refractivity contribution is -0.137. The Labute approximate surface area is 131 Å². The smallest absolute Gasteiger partial charge is 0.253 e. The Hall–Kier alpha value is -1.88. The summed E-state index contributed by atoms with van der Waals surface area (Å²) >= 11 is 0. The first-order valence-corrected chi connectivity index (χ1v) is 7.93. The van der Waals surface area contributed by atoms with E-state index in [2.05, 4.69) is 5.32 Å². The molecule has 0 radical (unpaired) electrons. The number of hydrogen-bond acceptors (Lipinski definition) is 3. The van der Waals surface area contributed by atoms with Gasteiger partial charge in [-0.15, -0.1) is 0 Å². The minimum Gasteiger partial charge on any atom is -0.370 e. The van der Waals surface area contributed by atoms with Crippen LogP contribution < -0.4 is 11.1 Å². The molecule has 1 aliphatic rings. The standard InChI is InChI=1S/C17H24N2O3/c18-15(20)11-6-12-19-17(21)16(13-7-2-1-3-8-13)22-14-9-4-5-10-14/h1-3,7-8,14,16H,4-6,9-12H2,(H2,18,20)(H,19,21). The van der Waals surface area contributed by atoms with E-state index in [1.807, 2.05) is 30.3 Å². The average molecular weight is 304 g/mol. The molecule has 2 rings (SSSR count). The fourth-order valence-corrected chi connectivity index (χ4v) is 2.70. The molecule has 1 aromatic rings. The minimum absolute atomic E-state index is 0.150. The number of nitrogens with one attached hydrogen (secondary N) is 1. The third-order valence-corrected chi connectivity index (χ3v) is 3.87. The molecule has 1 fully saturated rings. The molecule has 3 N–H and O–H groups in total. The number of carbonyl (C=O) groups is 2. The van der Waals surface area contributed by atoms with Gasteiger partial charge in [-0.1, -0.05) is 43.2 Å². The largest absolute Gasteiger partial charge is 0.370 e. The van der Waals surface area contributed by atoms with Crippen LogP contribution >= 0.6 is 0 Å². The third-order valence-electron chi connectivity index (χ3n) is 3.87. The molecular weight excluding hydrogens is 280 g/mol. The SMILES string of the molecule is NC(=O)CCCNC(=O)C(OC1CCCC1)c1ccccc1. The van der Waals surface area contributed by atoms with E-state index in [1.54, 1.807) is 0 Å². The van der Waals surface area contributed by atoms with Gasteiger partial charge in [0.2, 0.25) is 5.91 Å². The van der Waals surface area contributed by atoms with Crippen molar-refractivity contribution in [3.63, 3.8) is 0 Å². The van der Waals surface area contributed by atoms with E-state index >= 15 is 0 Å². The Morgan fingerprint density at radius 3 is 2.55 bits per heavy atom. The highest BCUT2D eigenvalue weighted by Gasteiger charge is 2.26. The highest BCUT2D eigenvalue weighted by molar-refractivity contribution is 5.82. The predicted molar refractivity (Wildman–Crippen MR) is 84.0 cm³/mol. The summed E-state index contributed by atoms with van der Waals surface area (Å²) in [6.45, 7) is 0.430. The molecule has 2 amide bonds. The minimum atomic E-state index is -0.585. The number of carbonyl (C=O) groups excluding carboxylic acids is 2. The van der Waals surface area contributed by atoms with E-state index in [0.717, 1.165) is 31.2 Å². The van der Waals surface area contributed by atoms with E-state index < -0.39 is 6.10 Å². The lowest BCUT2D eigenvalue weighted by Crippen LogP contribution is -2.33. The second kappa shape index (κ2) is 8.54.